The molecule has 0 saturated carbocycles. The number of amides is 3. The minimum atomic E-state index is -2.45. The summed E-state index contributed by atoms with van der Waals surface area (Å²) in [7, 11) is 3.96. The van der Waals surface area contributed by atoms with Gasteiger partial charge in [-0.3, -0.25) is 28.9 Å². The van der Waals surface area contributed by atoms with Crippen molar-refractivity contribution in [2.75, 3.05) is 26.5 Å². The number of carboxylic acids is 1. The van der Waals surface area contributed by atoms with E-state index in [0.717, 1.165) is 4.90 Å². The first kappa shape index (κ1) is 28.0. The molecule has 1 aromatic carbocycles. The lowest BCUT2D eigenvalue weighted by atomic mass is 9.69. The van der Waals surface area contributed by atoms with Crippen molar-refractivity contribution in [3.05, 3.63) is 41.5 Å². The van der Waals surface area contributed by atoms with Gasteiger partial charge in [0.05, 0.1) is 6.04 Å². The van der Waals surface area contributed by atoms with Gasteiger partial charge < -0.3 is 30.9 Å². The van der Waals surface area contributed by atoms with Gasteiger partial charge in [-0.15, -0.1) is 0 Å². The molecule has 5 atom stereocenters. The molecule has 1 fully saturated rings. The Balaban J connectivity index is 2.22. The van der Waals surface area contributed by atoms with Crippen LogP contribution in [0, 0.1) is 0 Å². The third-order valence-electron chi connectivity index (χ3n) is 6.94. The number of rotatable bonds is 9. The van der Waals surface area contributed by atoms with Crippen LogP contribution in [-0.2, 0) is 34.3 Å². The number of hydrogen-bond acceptors (Lipinski definition) is 8. The molecule has 5 unspecified atom stereocenters. The highest BCUT2D eigenvalue weighted by Gasteiger charge is 2.78. The van der Waals surface area contributed by atoms with Crippen molar-refractivity contribution in [2.45, 2.75) is 56.0 Å². The Kier molecular flexibility index (Phi) is 7.86. The largest absolute Gasteiger partial charge is 0.481 e. The Labute approximate surface area is 214 Å². The van der Waals surface area contributed by atoms with Gasteiger partial charge in [0, 0.05) is 31.8 Å². The number of methoxy groups -OCH3 is 1. The second-order valence-corrected chi connectivity index (χ2v) is 9.39. The second-order valence-electron chi connectivity index (χ2n) is 9.39. The fourth-order valence-electron chi connectivity index (χ4n) is 5.33. The number of aliphatic carboxylic acids is 1. The minimum Gasteiger partial charge on any atom is -0.481 e. The summed E-state index contributed by atoms with van der Waals surface area (Å²) in [6.45, 7) is 3.33. The lowest BCUT2D eigenvalue weighted by Crippen LogP contribution is -2.74. The molecule has 2 aliphatic rings. The first-order chi connectivity index (χ1) is 17.4. The number of carboxylic acid groups (broad SMARTS) is 1. The maximum Gasteiger partial charge on any atom is 0.303 e. The number of likely N-dealkylation sites (N-methyl/N-ethyl adjacent to an activating group) is 2. The van der Waals surface area contributed by atoms with Crippen molar-refractivity contribution in [3.63, 3.8) is 0 Å². The zero-order valence-electron chi connectivity index (χ0n) is 21.3. The van der Waals surface area contributed by atoms with Crippen LogP contribution in [-0.4, -0.2) is 89.5 Å². The summed E-state index contributed by atoms with van der Waals surface area (Å²) in [6.07, 6.45) is -0.804. The Hall–Kier alpha value is -3.61. The first-order valence-corrected chi connectivity index (χ1v) is 11.7. The quantitative estimate of drug-likeness (QED) is 0.215. The number of ether oxygens (including phenoxy) is 1. The van der Waals surface area contributed by atoms with Crippen LogP contribution < -0.4 is 16.0 Å². The van der Waals surface area contributed by atoms with Gasteiger partial charge in [0.15, 0.2) is 11.4 Å². The van der Waals surface area contributed by atoms with Crippen molar-refractivity contribution >= 4 is 35.2 Å². The van der Waals surface area contributed by atoms with E-state index in [1.54, 1.807) is 32.0 Å². The fraction of sp³-hybridized carbons (Fsp3) is 0.480. The number of allylic oxidation sites excluding steroid dienone is 1. The number of nitrogens with zero attached hydrogens (tertiary/aromatic N) is 1. The van der Waals surface area contributed by atoms with E-state index in [2.05, 4.69) is 16.0 Å². The summed E-state index contributed by atoms with van der Waals surface area (Å²) >= 11 is 0. The van der Waals surface area contributed by atoms with Gasteiger partial charge in [0.2, 0.25) is 11.4 Å². The van der Waals surface area contributed by atoms with Crippen LogP contribution in [0.1, 0.15) is 32.3 Å². The zero-order chi connectivity index (χ0) is 27.7. The van der Waals surface area contributed by atoms with Crippen molar-refractivity contribution < 1.29 is 38.9 Å². The molecule has 1 saturated heterocycles. The predicted octanol–water partition coefficient (Wildman–Crippen LogP) is -0.475. The Morgan fingerprint density at radius 1 is 1.24 bits per heavy atom. The van der Waals surface area contributed by atoms with Crippen LogP contribution in [0.3, 0.4) is 0 Å². The lowest BCUT2D eigenvalue weighted by Gasteiger charge is -2.47. The lowest BCUT2D eigenvalue weighted by molar-refractivity contribution is -0.168. The third-order valence-corrected chi connectivity index (χ3v) is 6.94. The summed E-state index contributed by atoms with van der Waals surface area (Å²) in [5.41, 5.74) is -3.82. The maximum atomic E-state index is 14.1. The number of fused-ring (bicyclic) bond motifs is 3. The van der Waals surface area contributed by atoms with Crippen LogP contribution in [0.15, 0.2) is 35.9 Å². The van der Waals surface area contributed by atoms with E-state index in [1.165, 1.54) is 33.3 Å². The van der Waals surface area contributed by atoms with Gasteiger partial charge >= 0.3 is 5.97 Å². The average molecular weight is 517 g/mol. The summed E-state index contributed by atoms with van der Waals surface area (Å²) < 4.78 is 5.59. The Bertz CT molecular complexity index is 1160. The van der Waals surface area contributed by atoms with E-state index in [9.17, 15) is 29.1 Å². The highest BCUT2D eigenvalue weighted by Crippen LogP contribution is 2.54. The molecule has 12 nitrogen and oxygen atoms in total. The molecule has 12 heteroatoms. The number of nitrogens with one attached hydrogen (secondary N) is 3. The number of ketones is 1. The molecule has 0 aromatic heterocycles. The summed E-state index contributed by atoms with van der Waals surface area (Å²) in [4.78, 5) is 66.1. The van der Waals surface area contributed by atoms with E-state index in [1.807, 2.05) is 0 Å². The molecule has 1 aromatic rings. The number of carbonyl (C=O) groups excluding carboxylic acids is 4. The average Bonchev–Trinajstić information content (AvgIpc) is 3.05. The van der Waals surface area contributed by atoms with E-state index in [4.69, 9.17) is 9.84 Å². The number of aliphatic hydroxyl groups is 1. The highest BCUT2D eigenvalue weighted by atomic mass is 16.5. The van der Waals surface area contributed by atoms with Gasteiger partial charge in [-0.1, -0.05) is 23.8 Å². The molecule has 3 rings (SSSR count). The normalized spacial score (nSPS) is 27.2. The standard InChI is InChI=1S/C25H32N4O8/c1-13(2)12-17(30)16(10-11-18(31)32)28-23(35)24-22(34)27-15-9-7-6-8-14(15)25(24,36)20(37-5)19(29(24)4)21(33)26-3/h6-9,12,16,19-20,36H,10-11H2,1-5H3,(H,26,33)(H,27,34)(H,28,35)(H,31,32). The van der Waals surface area contributed by atoms with Crippen molar-refractivity contribution in [1.29, 1.82) is 0 Å². The molecule has 37 heavy (non-hydrogen) atoms. The molecule has 0 radical (unpaired) electrons. The minimum absolute atomic E-state index is 0.146. The summed E-state index contributed by atoms with van der Waals surface area (Å²) in [5.74, 6) is -4.38. The Morgan fingerprint density at radius 3 is 2.46 bits per heavy atom. The molecule has 5 N–H and O–H groups in total. The van der Waals surface area contributed by atoms with Crippen molar-refractivity contribution in [3.8, 4) is 0 Å². The summed E-state index contributed by atoms with van der Waals surface area (Å²) in [5, 5.41) is 29.1. The molecular formula is C25H32N4O8. The van der Waals surface area contributed by atoms with Crippen LogP contribution in [0.5, 0.6) is 0 Å². The molecular weight excluding hydrogens is 484 g/mol. The Morgan fingerprint density at radius 2 is 1.89 bits per heavy atom. The molecule has 200 valence electrons. The number of carbonyl (C=O) groups is 5. The van der Waals surface area contributed by atoms with E-state index >= 15 is 0 Å². The zero-order valence-corrected chi connectivity index (χ0v) is 21.3. The number of likely N-dealkylation sites (tertiary alicyclic amines) is 1. The van der Waals surface area contributed by atoms with Crippen molar-refractivity contribution in [1.82, 2.24) is 15.5 Å². The number of hydrogen-bond donors (Lipinski definition) is 5. The predicted molar refractivity (Wildman–Crippen MR) is 131 cm³/mol. The number of para-hydroxylation sites is 1. The van der Waals surface area contributed by atoms with Gasteiger partial charge in [0.1, 0.15) is 12.1 Å². The molecule has 0 aliphatic carbocycles. The van der Waals surface area contributed by atoms with Crippen LogP contribution in [0.4, 0.5) is 5.69 Å². The van der Waals surface area contributed by atoms with Crippen molar-refractivity contribution in [2.24, 2.45) is 0 Å². The summed E-state index contributed by atoms with van der Waals surface area (Å²) in [6, 6.07) is 3.70. The molecule has 0 bridgehead atoms. The van der Waals surface area contributed by atoms with Gasteiger partial charge in [-0.2, -0.15) is 0 Å². The molecule has 0 spiro atoms. The third kappa shape index (κ3) is 4.30. The smallest absolute Gasteiger partial charge is 0.303 e. The maximum absolute atomic E-state index is 14.1. The number of anilines is 1. The van der Waals surface area contributed by atoms with Crippen LogP contribution in [0.2, 0.25) is 0 Å². The molecule has 2 aliphatic heterocycles. The van der Waals surface area contributed by atoms with E-state index < -0.39 is 65.2 Å². The monoisotopic (exact) mass is 516 g/mol. The van der Waals surface area contributed by atoms with Crippen LogP contribution in [0.25, 0.3) is 0 Å². The van der Waals surface area contributed by atoms with Gasteiger partial charge in [0.25, 0.3) is 11.8 Å². The fourth-order valence-corrected chi connectivity index (χ4v) is 5.33. The number of benzene rings is 1. The first-order valence-electron chi connectivity index (χ1n) is 11.7. The highest BCUT2D eigenvalue weighted by molar-refractivity contribution is 6.20. The van der Waals surface area contributed by atoms with Gasteiger partial charge in [-0.05, 0) is 39.5 Å². The molecule has 3 amide bonds. The SMILES string of the molecule is CNC(=O)C1C(OC)C2(O)c3ccccc3NC(=O)C2(C(=O)NC(CCC(=O)O)C(=O)C=C(C)C)N1C. The van der Waals surface area contributed by atoms with Gasteiger partial charge in [-0.25, -0.2) is 0 Å². The van der Waals surface area contributed by atoms with E-state index in [-0.39, 0.29) is 17.7 Å². The molecule has 2 heterocycles. The second kappa shape index (κ2) is 10.4. The topological polar surface area (TPSA) is 174 Å². The van der Waals surface area contributed by atoms with Crippen LogP contribution >= 0.6 is 0 Å². The van der Waals surface area contributed by atoms with E-state index in [0.29, 0.717) is 5.57 Å².